The highest BCUT2D eigenvalue weighted by molar-refractivity contribution is 6.35. The highest BCUT2D eigenvalue weighted by atomic mass is 16.3. The second-order valence-electron chi connectivity index (χ2n) is 6.58. The number of nitrogens with one attached hydrogen (secondary N) is 2. The molecule has 1 atom stereocenters. The van der Waals surface area contributed by atoms with Crippen LogP contribution in [0.4, 0.5) is 5.69 Å². The van der Waals surface area contributed by atoms with Gasteiger partial charge >= 0.3 is 11.8 Å². The average molecular weight is 379 g/mol. The smallest absolute Gasteiger partial charge is 0.309 e. The van der Waals surface area contributed by atoms with E-state index in [0.29, 0.717) is 5.76 Å². The molecule has 1 aliphatic heterocycles. The maximum atomic E-state index is 12.2. The first-order chi connectivity index (χ1) is 13.7. The summed E-state index contributed by atoms with van der Waals surface area (Å²) in [6, 6.07) is 15.2. The fourth-order valence-corrected chi connectivity index (χ4v) is 3.46. The van der Waals surface area contributed by atoms with Crippen molar-refractivity contribution in [2.24, 2.45) is 0 Å². The number of fused-ring (bicyclic) bond motifs is 1. The lowest BCUT2D eigenvalue weighted by molar-refractivity contribution is -0.139. The zero-order chi connectivity index (χ0) is 19.3. The van der Waals surface area contributed by atoms with Gasteiger partial charge in [-0.1, -0.05) is 18.2 Å². The van der Waals surface area contributed by atoms with Gasteiger partial charge in [-0.2, -0.15) is 0 Å². The number of carbonyl (C=O) groups is 2. The maximum Gasteiger partial charge on any atom is 0.309 e. The predicted octanol–water partition coefficient (Wildman–Crippen LogP) is 2.41. The third-order valence-corrected chi connectivity index (χ3v) is 4.84. The number of para-hydroxylation sites is 1. The van der Waals surface area contributed by atoms with Crippen LogP contribution >= 0.6 is 0 Å². The zero-order valence-electron chi connectivity index (χ0n) is 15.3. The van der Waals surface area contributed by atoms with Gasteiger partial charge in [-0.15, -0.1) is 0 Å². The summed E-state index contributed by atoms with van der Waals surface area (Å²) in [6.07, 6.45) is 4.07. The number of amides is 2. The summed E-state index contributed by atoms with van der Waals surface area (Å²) in [5.74, 6) is -0.0525. The van der Waals surface area contributed by atoms with E-state index in [4.69, 9.17) is 8.83 Å². The Morgan fingerprint density at radius 2 is 1.75 bits per heavy atom. The number of carbonyl (C=O) groups excluding carboxylic acids is 2. The lowest BCUT2D eigenvalue weighted by Gasteiger charge is -2.29. The molecule has 7 nitrogen and oxygen atoms in total. The van der Waals surface area contributed by atoms with Gasteiger partial charge in [0, 0.05) is 18.8 Å². The Hall–Kier alpha value is -3.48. The minimum Gasteiger partial charge on any atom is -0.467 e. The number of anilines is 1. The molecule has 0 bridgehead atoms. The molecule has 2 aromatic heterocycles. The van der Waals surface area contributed by atoms with Crippen LogP contribution in [0.15, 0.2) is 69.9 Å². The zero-order valence-corrected chi connectivity index (χ0v) is 15.3. The van der Waals surface area contributed by atoms with E-state index in [1.54, 1.807) is 18.4 Å². The molecule has 7 heteroatoms. The molecule has 1 aliphatic rings. The summed E-state index contributed by atoms with van der Waals surface area (Å²) >= 11 is 0. The van der Waals surface area contributed by atoms with E-state index in [0.717, 1.165) is 24.4 Å². The molecule has 28 heavy (non-hydrogen) atoms. The SMILES string of the molecule is O=C(NCc1ccco1)C(=O)NC[C@@H](c1ccco1)N1CCc2ccccc21. The first-order valence-electron chi connectivity index (χ1n) is 9.19. The van der Waals surface area contributed by atoms with Crippen molar-refractivity contribution in [3.8, 4) is 0 Å². The molecule has 0 saturated carbocycles. The average Bonchev–Trinajstić information content (AvgIpc) is 3.48. The molecule has 0 fully saturated rings. The summed E-state index contributed by atoms with van der Waals surface area (Å²) in [6.45, 7) is 1.25. The van der Waals surface area contributed by atoms with Gasteiger partial charge < -0.3 is 24.4 Å². The van der Waals surface area contributed by atoms with Gasteiger partial charge in [0.25, 0.3) is 0 Å². The Labute approximate surface area is 162 Å². The number of rotatable bonds is 6. The van der Waals surface area contributed by atoms with E-state index >= 15 is 0 Å². The molecule has 0 unspecified atom stereocenters. The van der Waals surface area contributed by atoms with Crippen LogP contribution in [0, 0.1) is 0 Å². The molecule has 0 saturated heterocycles. The van der Waals surface area contributed by atoms with Gasteiger partial charge in [-0.25, -0.2) is 0 Å². The minimum absolute atomic E-state index is 0.167. The normalized spacial score (nSPS) is 13.8. The van der Waals surface area contributed by atoms with Crippen molar-refractivity contribution < 1.29 is 18.4 Å². The van der Waals surface area contributed by atoms with Crippen molar-refractivity contribution >= 4 is 17.5 Å². The highest BCUT2D eigenvalue weighted by Gasteiger charge is 2.29. The van der Waals surface area contributed by atoms with Crippen molar-refractivity contribution in [2.75, 3.05) is 18.0 Å². The van der Waals surface area contributed by atoms with Crippen LogP contribution in [0.2, 0.25) is 0 Å². The van der Waals surface area contributed by atoms with Crippen LogP contribution in [0.25, 0.3) is 0 Å². The van der Waals surface area contributed by atoms with E-state index in [1.165, 1.54) is 11.8 Å². The number of furan rings is 2. The van der Waals surface area contributed by atoms with Crippen LogP contribution in [-0.2, 0) is 22.6 Å². The second kappa shape index (κ2) is 8.04. The Balaban J connectivity index is 1.41. The van der Waals surface area contributed by atoms with Gasteiger partial charge in [-0.3, -0.25) is 9.59 Å². The molecule has 0 aliphatic carbocycles. The van der Waals surface area contributed by atoms with Gasteiger partial charge in [0.1, 0.15) is 17.6 Å². The van der Waals surface area contributed by atoms with Gasteiger partial charge in [0.2, 0.25) is 0 Å². The lowest BCUT2D eigenvalue weighted by atomic mass is 10.1. The van der Waals surface area contributed by atoms with E-state index in [1.807, 2.05) is 24.3 Å². The van der Waals surface area contributed by atoms with Crippen molar-refractivity contribution in [2.45, 2.75) is 19.0 Å². The number of benzene rings is 1. The van der Waals surface area contributed by atoms with Crippen LogP contribution < -0.4 is 15.5 Å². The van der Waals surface area contributed by atoms with E-state index in [2.05, 4.69) is 27.7 Å². The summed E-state index contributed by atoms with van der Waals surface area (Å²) in [4.78, 5) is 26.5. The number of hydrogen-bond acceptors (Lipinski definition) is 5. The monoisotopic (exact) mass is 379 g/mol. The van der Waals surface area contributed by atoms with E-state index < -0.39 is 11.8 Å². The topological polar surface area (TPSA) is 87.7 Å². The van der Waals surface area contributed by atoms with Crippen molar-refractivity contribution in [1.29, 1.82) is 0 Å². The molecule has 144 valence electrons. The van der Waals surface area contributed by atoms with Gasteiger partial charge in [-0.05, 0) is 42.3 Å². The third kappa shape index (κ3) is 3.78. The fraction of sp³-hybridized carbons (Fsp3) is 0.238. The molecule has 3 heterocycles. The van der Waals surface area contributed by atoms with Crippen LogP contribution in [-0.4, -0.2) is 24.9 Å². The summed E-state index contributed by atoms with van der Waals surface area (Å²) in [5.41, 5.74) is 2.39. The second-order valence-corrected chi connectivity index (χ2v) is 6.58. The van der Waals surface area contributed by atoms with Crippen LogP contribution in [0.3, 0.4) is 0 Å². The van der Waals surface area contributed by atoms with E-state index in [9.17, 15) is 9.59 Å². The summed E-state index contributed by atoms with van der Waals surface area (Å²) < 4.78 is 10.8. The molecule has 2 N–H and O–H groups in total. The molecule has 0 spiro atoms. The van der Waals surface area contributed by atoms with Crippen molar-refractivity contribution in [1.82, 2.24) is 10.6 Å². The maximum absolute atomic E-state index is 12.2. The quantitative estimate of drug-likeness (QED) is 0.642. The minimum atomic E-state index is -0.698. The largest absolute Gasteiger partial charge is 0.467 e. The molecule has 3 aromatic rings. The van der Waals surface area contributed by atoms with Crippen molar-refractivity contribution in [3.05, 3.63) is 78.1 Å². The molecule has 2 amide bonds. The Bertz CT molecular complexity index is 934. The molecular formula is C21H21N3O4. The fourth-order valence-electron chi connectivity index (χ4n) is 3.46. The van der Waals surface area contributed by atoms with Gasteiger partial charge in [0.05, 0.1) is 19.1 Å². The summed E-state index contributed by atoms with van der Waals surface area (Å²) in [5, 5.41) is 5.27. The van der Waals surface area contributed by atoms with Crippen LogP contribution in [0.1, 0.15) is 23.1 Å². The lowest BCUT2D eigenvalue weighted by Crippen LogP contribution is -2.43. The first kappa shape index (κ1) is 17.9. The third-order valence-electron chi connectivity index (χ3n) is 4.84. The standard InChI is InChI=1S/C21H21N3O4/c25-20(22-13-16-6-3-11-27-16)21(26)23-14-18(19-8-4-12-28-19)24-10-9-15-5-1-2-7-17(15)24/h1-8,11-12,18H,9-10,13-14H2,(H,22,25)(H,23,26)/t18-/m0/s1. The number of nitrogens with zero attached hydrogens (tertiary/aromatic N) is 1. The predicted molar refractivity (Wildman–Crippen MR) is 103 cm³/mol. The molecule has 1 aromatic carbocycles. The summed E-state index contributed by atoms with van der Waals surface area (Å²) in [7, 11) is 0. The highest BCUT2D eigenvalue weighted by Crippen LogP contribution is 2.34. The molecule has 0 radical (unpaired) electrons. The Morgan fingerprint density at radius 3 is 2.54 bits per heavy atom. The number of hydrogen-bond donors (Lipinski definition) is 2. The van der Waals surface area contributed by atoms with E-state index in [-0.39, 0.29) is 19.1 Å². The van der Waals surface area contributed by atoms with Crippen molar-refractivity contribution in [3.63, 3.8) is 0 Å². The first-order valence-corrected chi connectivity index (χ1v) is 9.19. The Morgan fingerprint density at radius 1 is 0.964 bits per heavy atom. The van der Waals surface area contributed by atoms with Crippen LogP contribution in [0.5, 0.6) is 0 Å². The molecule has 4 rings (SSSR count). The molecular weight excluding hydrogens is 358 g/mol. The van der Waals surface area contributed by atoms with Gasteiger partial charge in [0.15, 0.2) is 0 Å². The Kier molecular flexibility index (Phi) is 5.14.